The molecular weight excluding hydrogens is 250 g/mol. The molecule has 1 heterocycles. The largest absolute Gasteiger partial charge is 0.330 e. The van der Waals surface area contributed by atoms with Crippen LogP contribution in [-0.4, -0.2) is 34.6 Å². The Labute approximate surface area is 120 Å². The summed E-state index contributed by atoms with van der Waals surface area (Å²) in [5.74, 6) is 0. The van der Waals surface area contributed by atoms with Crippen molar-refractivity contribution in [3.8, 4) is 0 Å². The van der Waals surface area contributed by atoms with Gasteiger partial charge in [0.1, 0.15) is 6.33 Å². The molecule has 4 heteroatoms. The van der Waals surface area contributed by atoms with Gasteiger partial charge in [0.25, 0.3) is 0 Å². The van der Waals surface area contributed by atoms with Crippen LogP contribution in [0.4, 0.5) is 4.79 Å². The molecule has 20 heavy (non-hydrogen) atoms. The van der Waals surface area contributed by atoms with E-state index in [1.807, 2.05) is 0 Å². The predicted octanol–water partition coefficient (Wildman–Crippen LogP) is 2.93. The van der Waals surface area contributed by atoms with Gasteiger partial charge in [0, 0.05) is 26.7 Å². The van der Waals surface area contributed by atoms with Gasteiger partial charge in [-0.25, -0.2) is 9.78 Å². The van der Waals surface area contributed by atoms with Gasteiger partial charge in [-0.1, -0.05) is 17.7 Å². The van der Waals surface area contributed by atoms with Gasteiger partial charge in [0.05, 0.1) is 5.69 Å². The predicted molar refractivity (Wildman–Crippen MR) is 80.2 cm³/mol. The fourth-order valence-corrected chi connectivity index (χ4v) is 2.46. The number of nitrogens with zero attached hydrogens (tertiary/aromatic N) is 3. The third-order valence-electron chi connectivity index (χ3n) is 3.44. The number of hydrogen-bond donors (Lipinski definition) is 0. The summed E-state index contributed by atoms with van der Waals surface area (Å²) in [6.45, 7) is 6.35. The Kier molecular flexibility index (Phi) is 3.93. The van der Waals surface area contributed by atoms with Gasteiger partial charge in [-0.2, -0.15) is 0 Å². The van der Waals surface area contributed by atoms with Crippen LogP contribution in [0.5, 0.6) is 0 Å². The van der Waals surface area contributed by atoms with Gasteiger partial charge in [-0.3, -0.25) is 4.57 Å². The summed E-state index contributed by atoms with van der Waals surface area (Å²) in [5.41, 5.74) is 6.03. The molecule has 0 saturated heterocycles. The lowest BCUT2D eigenvalue weighted by molar-refractivity contribution is 0.219. The second-order valence-electron chi connectivity index (χ2n) is 5.50. The highest BCUT2D eigenvalue weighted by Crippen LogP contribution is 2.19. The lowest BCUT2D eigenvalue weighted by Gasteiger charge is -2.10. The normalized spacial score (nSPS) is 10.7. The van der Waals surface area contributed by atoms with E-state index in [1.54, 1.807) is 26.6 Å². The van der Waals surface area contributed by atoms with Gasteiger partial charge in [0.2, 0.25) is 0 Å². The van der Waals surface area contributed by atoms with Gasteiger partial charge in [-0.15, -0.1) is 0 Å². The standard InChI is InChI=1S/C16H21N3O/c1-11-6-12(2)15(13(3)7-11)8-14-9-19(10-17-14)16(20)18(4)5/h6-7,9-10H,8H2,1-5H3. The molecule has 1 aromatic carbocycles. The SMILES string of the molecule is Cc1cc(C)c(Cc2cn(C(=O)N(C)C)cn2)c(C)c1. The van der Waals surface area contributed by atoms with Crippen LogP contribution in [0.1, 0.15) is 27.9 Å². The number of imidazole rings is 1. The average molecular weight is 271 g/mol. The Morgan fingerprint density at radius 2 is 1.80 bits per heavy atom. The number of aromatic nitrogens is 2. The van der Waals surface area contributed by atoms with E-state index in [-0.39, 0.29) is 6.03 Å². The quantitative estimate of drug-likeness (QED) is 0.842. The fraction of sp³-hybridized carbons (Fsp3) is 0.375. The molecule has 0 aliphatic carbocycles. The Morgan fingerprint density at radius 3 is 2.35 bits per heavy atom. The number of carbonyl (C=O) groups is 1. The van der Waals surface area contributed by atoms with Crippen LogP contribution in [0, 0.1) is 20.8 Å². The van der Waals surface area contributed by atoms with Crippen LogP contribution in [0.2, 0.25) is 0 Å². The Hall–Kier alpha value is -2.10. The third kappa shape index (κ3) is 2.90. The second kappa shape index (κ2) is 5.49. The van der Waals surface area contributed by atoms with E-state index in [0.29, 0.717) is 0 Å². The molecule has 0 spiro atoms. The number of benzene rings is 1. The van der Waals surface area contributed by atoms with Crippen molar-refractivity contribution in [1.29, 1.82) is 0 Å². The minimum absolute atomic E-state index is 0.0823. The van der Waals surface area contributed by atoms with Crippen molar-refractivity contribution < 1.29 is 4.79 Å². The van der Waals surface area contributed by atoms with Crippen LogP contribution >= 0.6 is 0 Å². The van der Waals surface area contributed by atoms with Gasteiger partial charge in [-0.05, 0) is 37.5 Å². The van der Waals surface area contributed by atoms with E-state index >= 15 is 0 Å². The molecule has 0 radical (unpaired) electrons. The molecule has 0 aliphatic rings. The number of amides is 1. The molecule has 1 aromatic heterocycles. The van der Waals surface area contributed by atoms with E-state index < -0.39 is 0 Å². The molecule has 0 saturated carbocycles. The topological polar surface area (TPSA) is 38.1 Å². The summed E-state index contributed by atoms with van der Waals surface area (Å²) >= 11 is 0. The van der Waals surface area contributed by atoms with Gasteiger partial charge in [0.15, 0.2) is 0 Å². The lowest BCUT2D eigenvalue weighted by atomic mass is 9.96. The second-order valence-corrected chi connectivity index (χ2v) is 5.50. The van der Waals surface area contributed by atoms with Crippen molar-refractivity contribution in [2.75, 3.05) is 14.1 Å². The Bertz CT molecular complexity index is 618. The molecule has 0 N–H and O–H groups in total. The highest BCUT2D eigenvalue weighted by Gasteiger charge is 2.11. The molecule has 0 atom stereocenters. The highest BCUT2D eigenvalue weighted by atomic mass is 16.2. The molecule has 2 rings (SSSR count). The van der Waals surface area contributed by atoms with Crippen molar-refractivity contribution in [2.45, 2.75) is 27.2 Å². The van der Waals surface area contributed by atoms with Crippen molar-refractivity contribution in [1.82, 2.24) is 14.5 Å². The summed E-state index contributed by atoms with van der Waals surface area (Å²) in [5, 5.41) is 0. The zero-order chi connectivity index (χ0) is 14.9. The minimum Gasteiger partial charge on any atom is -0.330 e. The number of hydrogen-bond acceptors (Lipinski definition) is 2. The Balaban J connectivity index is 2.26. The average Bonchev–Trinajstić information content (AvgIpc) is 2.81. The van der Waals surface area contributed by atoms with Crippen LogP contribution < -0.4 is 0 Å². The molecule has 0 bridgehead atoms. The fourth-order valence-electron chi connectivity index (χ4n) is 2.46. The summed E-state index contributed by atoms with van der Waals surface area (Å²) in [4.78, 5) is 17.7. The van der Waals surface area contributed by atoms with E-state index in [0.717, 1.165) is 12.1 Å². The van der Waals surface area contributed by atoms with Crippen LogP contribution in [0.3, 0.4) is 0 Å². The maximum atomic E-state index is 11.8. The molecule has 0 aliphatic heterocycles. The summed E-state index contributed by atoms with van der Waals surface area (Å²) < 4.78 is 1.52. The lowest BCUT2D eigenvalue weighted by Crippen LogP contribution is -2.26. The van der Waals surface area contributed by atoms with E-state index in [9.17, 15) is 4.79 Å². The monoisotopic (exact) mass is 271 g/mol. The molecule has 106 valence electrons. The van der Waals surface area contributed by atoms with Crippen molar-refractivity contribution in [3.63, 3.8) is 0 Å². The molecule has 4 nitrogen and oxygen atoms in total. The van der Waals surface area contributed by atoms with Crippen molar-refractivity contribution in [3.05, 3.63) is 52.6 Å². The highest BCUT2D eigenvalue weighted by molar-refractivity contribution is 5.76. The first-order chi connectivity index (χ1) is 9.38. The number of carbonyl (C=O) groups excluding carboxylic acids is 1. The zero-order valence-electron chi connectivity index (χ0n) is 12.8. The smallest absolute Gasteiger partial charge is 0.328 e. The van der Waals surface area contributed by atoms with Crippen molar-refractivity contribution in [2.24, 2.45) is 0 Å². The van der Waals surface area contributed by atoms with E-state index in [2.05, 4.69) is 37.9 Å². The van der Waals surface area contributed by atoms with Gasteiger partial charge >= 0.3 is 6.03 Å². The van der Waals surface area contributed by atoms with Gasteiger partial charge < -0.3 is 4.90 Å². The molecule has 0 fully saturated rings. The van der Waals surface area contributed by atoms with Crippen LogP contribution in [0.15, 0.2) is 24.7 Å². The first-order valence-corrected chi connectivity index (χ1v) is 6.69. The van der Waals surface area contributed by atoms with E-state index in [1.165, 1.54) is 31.7 Å². The summed E-state index contributed by atoms with van der Waals surface area (Å²) in [7, 11) is 3.46. The third-order valence-corrected chi connectivity index (χ3v) is 3.44. The maximum absolute atomic E-state index is 11.8. The van der Waals surface area contributed by atoms with Crippen LogP contribution in [0.25, 0.3) is 0 Å². The van der Waals surface area contributed by atoms with Crippen molar-refractivity contribution >= 4 is 6.03 Å². The first-order valence-electron chi connectivity index (χ1n) is 6.69. The number of aryl methyl sites for hydroxylation is 3. The summed E-state index contributed by atoms with van der Waals surface area (Å²) in [6.07, 6.45) is 4.14. The van der Waals surface area contributed by atoms with E-state index in [4.69, 9.17) is 0 Å². The minimum atomic E-state index is -0.0823. The number of rotatable bonds is 2. The van der Waals surface area contributed by atoms with Crippen LogP contribution in [-0.2, 0) is 6.42 Å². The first kappa shape index (κ1) is 14.3. The molecule has 0 unspecified atom stereocenters. The Morgan fingerprint density at radius 1 is 1.20 bits per heavy atom. The molecular formula is C16H21N3O. The summed E-state index contributed by atoms with van der Waals surface area (Å²) in [6, 6.07) is 4.29. The zero-order valence-corrected chi connectivity index (χ0v) is 12.8. The maximum Gasteiger partial charge on any atom is 0.328 e. The molecule has 2 aromatic rings. The molecule has 1 amide bonds.